The van der Waals surface area contributed by atoms with Crippen LogP contribution < -0.4 is 0 Å². The van der Waals surface area contributed by atoms with Gasteiger partial charge in [-0.2, -0.15) is 0 Å². The number of ether oxygens (including phenoxy) is 1. The van der Waals surface area contributed by atoms with Crippen molar-refractivity contribution in [1.29, 1.82) is 0 Å². The normalized spacial score (nSPS) is 23.2. The van der Waals surface area contributed by atoms with Crippen LogP contribution in [0, 0.1) is 0 Å². The standard InChI is InChI=1S/C14H17NO4/c1-9-7-19-8-10(2)15(9)13(16)11-4-3-5-12(6-11)14(17)18/h3-6,9-10H,7-8H2,1-2H3,(H,17,18)/t9-,10-/m0/s1. The summed E-state index contributed by atoms with van der Waals surface area (Å²) in [5.74, 6) is -1.18. The van der Waals surface area contributed by atoms with Crippen LogP contribution in [0.5, 0.6) is 0 Å². The van der Waals surface area contributed by atoms with Crippen LogP contribution in [0.15, 0.2) is 24.3 Å². The number of carboxylic acids is 1. The van der Waals surface area contributed by atoms with Crippen molar-refractivity contribution in [3.63, 3.8) is 0 Å². The predicted molar refractivity (Wildman–Crippen MR) is 69.3 cm³/mol. The molecule has 5 heteroatoms. The van der Waals surface area contributed by atoms with Crippen molar-refractivity contribution in [1.82, 2.24) is 4.90 Å². The molecular formula is C14H17NO4. The lowest BCUT2D eigenvalue weighted by Gasteiger charge is -2.38. The van der Waals surface area contributed by atoms with E-state index >= 15 is 0 Å². The average molecular weight is 263 g/mol. The monoisotopic (exact) mass is 263 g/mol. The molecule has 1 N–H and O–H groups in total. The van der Waals surface area contributed by atoms with Gasteiger partial charge in [-0.3, -0.25) is 4.79 Å². The van der Waals surface area contributed by atoms with E-state index in [1.807, 2.05) is 13.8 Å². The molecule has 0 bridgehead atoms. The van der Waals surface area contributed by atoms with Crippen LogP contribution in [-0.2, 0) is 4.74 Å². The third kappa shape index (κ3) is 2.76. The molecule has 0 aliphatic carbocycles. The summed E-state index contributed by atoms with van der Waals surface area (Å²) >= 11 is 0. The summed E-state index contributed by atoms with van der Waals surface area (Å²) in [6.45, 7) is 4.87. The van der Waals surface area contributed by atoms with Crippen molar-refractivity contribution in [2.75, 3.05) is 13.2 Å². The molecular weight excluding hydrogens is 246 g/mol. The number of amides is 1. The molecule has 1 aromatic carbocycles. The number of carbonyl (C=O) groups is 2. The van der Waals surface area contributed by atoms with E-state index in [4.69, 9.17) is 9.84 Å². The average Bonchev–Trinajstić information content (AvgIpc) is 2.38. The number of morpholine rings is 1. The molecule has 1 aromatic rings. The predicted octanol–water partition coefficient (Wildman–Crippen LogP) is 1.63. The van der Waals surface area contributed by atoms with Gasteiger partial charge in [0.15, 0.2) is 0 Å². The van der Waals surface area contributed by atoms with Gasteiger partial charge in [0.2, 0.25) is 0 Å². The zero-order chi connectivity index (χ0) is 14.0. The third-order valence-electron chi connectivity index (χ3n) is 3.26. The Labute approximate surface area is 111 Å². The summed E-state index contributed by atoms with van der Waals surface area (Å²) in [5.41, 5.74) is 0.528. The zero-order valence-corrected chi connectivity index (χ0v) is 11.0. The van der Waals surface area contributed by atoms with E-state index in [1.165, 1.54) is 12.1 Å². The Morgan fingerprint density at radius 3 is 2.37 bits per heavy atom. The Bertz CT molecular complexity index is 490. The topological polar surface area (TPSA) is 66.8 Å². The number of hydrogen-bond acceptors (Lipinski definition) is 3. The molecule has 5 nitrogen and oxygen atoms in total. The molecule has 102 valence electrons. The molecule has 2 rings (SSSR count). The van der Waals surface area contributed by atoms with Gasteiger partial charge in [0.1, 0.15) is 0 Å². The van der Waals surface area contributed by atoms with Gasteiger partial charge in [-0.1, -0.05) is 6.07 Å². The van der Waals surface area contributed by atoms with Gasteiger partial charge >= 0.3 is 5.97 Å². The summed E-state index contributed by atoms with van der Waals surface area (Å²) < 4.78 is 5.38. The van der Waals surface area contributed by atoms with Gasteiger partial charge in [-0.05, 0) is 32.0 Å². The highest BCUT2D eigenvalue weighted by Gasteiger charge is 2.30. The van der Waals surface area contributed by atoms with E-state index in [2.05, 4.69) is 0 Å². The van der Waals surface area contributed by atoms with Crippen molar-refractivity contribution in [2.24, 2.45) is 0 Å². The lowest BCUT2D eigenvalue weighted by atomic mass is 10.1. The fourth-order valence-electron chi connectivity index (χ4n) is 2.34. The number of carbonyl (C=O) groups excluding carboxylic acids is 1. The van der Waals surface area contributed by atoms with Crippen LogP contribution in [-0.4, -0.2) is 47.2 Å². The summed E-state index contributed by atoms with van der Waals surface area (Å²) in [7, 11) is 0. The first kappa shape index (κ1) is 13.5. The summed E-state index contributed by atoms with van der Waals surface area (Å²) in [5, 5.41) is 8.96. The second kappa shape index (κ2) is 5.40. The molecule has 0 spiro atoms. The minimum Gasteiger partial charge on any atom is -0.478 e. The Morgan fingerprint density at radius 1 is 1.21 bits per heavy atom. The van der Waals surface area contributed by atoms with Crippen LogP contribution in [0.4, 0.5) is 0 Å². The van der Waals surface area contributed by atoms with Gasteiger partial charge in [-0.15, -0.1) is 0 Å². The first-order chi connectivity index (χ1) is 9.00. The number of aromatic carboxylic acids is 1. The fourth-order valence-corrected chi connectivity index (χ4v) is 2.34. The first-order valence-electron chi connectivity index (χ1n) is 6.24. The van der Waals surface area contributed by atoms with Crippen molar-refractivity contribution >= 4 is 11.9 Å². The van der Waals surface area contributed by atoms with Gasteiger partial charge in [-0.25, -0.2) is 4.79 Å². The third-order valence-corrected chi connectivity index (χ3v) is 3.26. The highest BCUT2D eigenvalue weighted by atomic mass is 16.5. The molecule has 2 atom stereocenters. The van der Waals surface area contributed by atoms with Crippen LogP contribution in [0.2, 0.25) is 0 Å². The number of rotatable bonds is 2. The second-order valence-corrected chi connectivity index (χ2v) is 4.83. The second-order valence-electron chi connectivity index (χ2n) is 4.83. The molecule has 0 unspecified atom stereocenters. The molecule has 19 heavy (non-hydrogen) atoms. The van der Waals surface area contributed by atoms with Crippen molar-refractivity contribution in [2.45, 2.75) is 25.9 Å². The molecule has 1 fully saturated rings. The maximum Gasteiger partial charge on any atom is 0.335 e. The molecule has 1 aliphatic rings. The highest BCUT2D eigenvalue weighted by Crippen LogP contribution is 2.18. The summed E-state index contributed by atoms with van der Waals surface area (Å²) in [6, 6.07) is 6.11. The minimum absolute atomic E-state index is 0.00951. The van der Waals surface area contributed by atoms with Gasteiger partial charge in [0, 0.05) is 5.56 Å². The van der Waals surface area contributed by atoms with Crippen LogP contribution in [0.3, 0.4) is 0 Å². The van der Waals surface area contributed by atoms with E-state index in [9.17, 15) is 9.59 Å². The largest absolute Gasteiger partial charge is 0.478 e. The maximum atomic E-state index is 12.5. The van der Waals surface area contributed by atoms with E-state index in [0.29, 0.717) is 18.8 Å². The van der Waals surface area contributed by atoms with Gasteiger partial charge < -0.3 is 14.7 Å². The summed E-state index contributed by atoms with van der Waals surface area (Å²) in [6.07, 6.45) is 0. The molecule has 0 aromatic heterocycles. The van der Waals surface area contributed by atoms with E-state index in [1.54, 1.807) is 17.0 Å². The highest BCUT2D eigenvalue weighted by molar-refractivity contribution is 5.97. The van der Waals surface area contributed by atoms with E-state index < -0.39 is 5.97 Å². The van der Waals surface area contributed by atoms with Crippen LogP contribution >= 0.6 is 0 Å². The number of hydrogen-bond donors (Lipinski definition) is 1. The lowest BCUT2D eigenvalue weighted by Crippen LogP contribution is -2.52. The van der Waals surface area contributed by atoms with Crippen LogP contribution in [0.25, 0.3) is 0 Å². The van der Waals surface area contributed by atoms with Gasteiger partial charge in [0.25, 0.3) is 5.91 Å². The molecule has 1 amide bonds. The molecule has 1 saturated heterocycles. The van der Waals surface area contributed by atoms with Gasteiger partial charge in [0.05, 0.1) is 30.9 Å². The quantitative estimate of drug-likeness (QED) is 0.880. The molecule has 0 saturated carbocycles. The number of nitrogens with zero attached hydrogens (tertiary/aromatic N) is 1. The molecule has 1 heterocycles. The van der Waals surface area contributed by atoms with E-state index in [0.717, 1.165) is 0 Å². The number of carboxylic acid groups (broad SMARTS) is 1. The summed E-state index contributed by atoms with van der Waals surface area (Å²) in [4.78, 5) is 25.2. The Balaban J connectivity index is 2.27. The first-order valence-corrected chi connectivity index (χ1v) is 6.24. The maximum absolute atomic E-state index is 12.5. The van der Waals surface area contributed by atoms with Crippen molar-refractivity contribution in [3.8, 4) is 0 Å². The lowest BCUT2D eigenvalue weighted by molar-refractivity contribution is -0.0249. The molecule has 0 radical (unpaired) electrons. The van der Waals surface area contributed by atoms with Crippen LogP contribution in [0.1, 0.15) is 34.6 Å². The van der Waals surface area contributed by atoms with Crippen molar-refractivity contribution in [3.05, 3.63) is 35.4 Å². The minimum atomic E-state index is -1.03. The van der Waals surface area contributed by atoms with E-state index in [-0.39, 0.29) is 23.6 Å². The Kier molecular flexibility index (Phi) is 3.85. The molecule has 1 aliphatic heterocycles. The smallest absolute Gasteiger partial charge is 0.335 e. The fraction of sp³-hybridized carbons (Fsp3) is 0.429. The Hall–Kier alpha value is -1.88. The Morgan fingerprint density at radius 2 is 1.79 bits per heavy atom. The van der Waals surface area contributed by atoms with Crippen molar-refractivity contribution < 1.29 is 19.4 Å². The zero-order valence-electron chi connectivity index (χ0n) is 11.0. The number of benzene rings is 1. The SMILES string of the molecule is C[C@H]1COC[C@H](C)N1C(=O)c1cccc(C(=O)O)c1.